The van der Waals surface area contributed by atoms with Crippen molar-refractivity contribution < 1.29 is 89.7 Å². The molecule has 4 aliphatic carbocycles. The van der Waals surface area contributed by atoms with Gasteiger partial charge in [0.2, 0.25) is 41.2 Å². The number of allylic oxidation sites excluding steroid dienone is 3. The summed E-state index contributed by atoms with van der Waals surface area (Å²) in [6, 6.07) is 2.11. The zero-order valence-electron chi connectivity index (χ0n) is 90.6. The molecule has 0 aromatic rings. The van der Waals surface area contributed by atoms with E-state index in [0.717, 1.165) is 83.0 Å². The van der Waals surface area contributed by atoms with E-state index in [4.69, 9.17) is 45.5 Å². The number of ketones is 3. The smallest absolute Gasteiger partial charge is 0.384 e. The van der Waals surface area contributed by atoms with Crippen molar-refractivity contribution in [1.29, 1.82) is 5.26 Å². The van der Waals surface area contributed by atoms with Crippen LogP contribution in [0.3, 0.4) is 0 Å². The summed E-state index contributed by atoms with van der Waals surface area (Å²) in [5.41, 5.74) is 7.94. The maximum atomic E-state index is 12.7. The van der Waals surface area contributed by atoms with Gasteiger partial charge in [0.1, 0.15) is 34.1 Å². The third-order valence-electron chi connectivity index (χ3n) is 18.4. The number of carbonyl (C=O) groups excluding carboxylic acids is 13. The molecule has 0 aromatic heterocycles. The van der Waals surface area contributed by atoms with Crippen molar-refractivity contribution in [3.63, 3.8) is 0 Å². The number of halogens is 3. The molecule has 1 unspecified atom stereocenters. The van der Waals surface area contributed by atoms with Gasteiger partial charge in [-0.05, 0) is 251 Å². The van der Waals surface area contributed by atoms with Gasteiger partial charge in [-0.3, -0.25) is 52.7 Å². The summed E-state index contributed by atoms with van der Waals surface area (Å²) in [7, 11) is 0. The molecule has 2 saturated carbocycles. The Morgan fingerprint density at radius 2 is 0.948 bits per heavy atom. The predicted octanol–water partition coefficient (Wildman–Crippen LogP) is 21.1. The number of ether oxygens (including phenoxy) is 3. The van der Waals surface area contributed by atoms with Gasteiger partial charge < -0.3 is 51.0 Å². The highest BCUT2D eigenvalue weighted by Crippen LogP contribution is 2.50. The lowest BCUT2D eigenvalue weighted by Gasteiger charge is -2.36. The average molecular weight is 1900 g/mol. The standard InChI is InChI=1S/C11H19NO.C11H18O3.C9H16FNO.C9H13NO.C9H15NO.C8H13NO.C8H14O2.C8H12O2.C7H10FNO.C7H11NO.C7H10O.C6H8FNO.2C4H10/c1-5-10(13)12-7-6-9(8-12)11(2,3)4;1-8(12)11(5-6-11)9(13)14-7-10(2,3)4;1-6(7(2)10)8(12)11-9(3,4)5;1-8(2,3)7(11)9(6-10)4-5-9;1-9(2,3)10-7-5-4-6-8(10)11;1-8(2,3)9-6-4-5-7(9)10;2*1-5-7(9)10-6-8(2,3)4;8-6-4-2-1-3-5(6)7(9)10;1-5-6(9)8-7(2,3)4;1-5-6(8)7(2,3)4;7-5-3-1-2-4(5)6(8)9;2*1-4(2)3/h5,9H,1,6-8H2,2-4H3;5-7H2,1-4H3;1-5H3,(H,11,12);4-5H2,1-3H3;4,6H,5,7H2,1-3H3;4-5H,6H2,1-3H3;5H,1,6H2,2-4H3;1H,6H2,2-4H3;1-4H2,(H2,9,10);1H,2-4H3,(H,8,9);1H,2-4H3;1-3H2,(H2,8,9);2*4H,1-3H3/b;;7-6-;;;;;;;;;;;. The normalized spacial score (nSPS) is 16.1. The molecule has 7 rings (SSSR count). The largest absolute Gasteiger partial charge is 0.464 e. The van der Waals surface area contributed by atoms with E-state index in [0.29, 0.717) is 69.7 Å². The number of Topliss-reactive ketones (excluding diaryl/α,β-unsaturated/α-hetero) is 3. The summed E-state index contributed by atoms with van der Waals surface area (Å²) < 4.78 is 52.2. The zero-order valence-corrected chi connectivity index (χ0v) is 90.6. The Balaban J connectivity index is -0.000000263. The number of carbonyl (C=O) groups is 13. The molecule has 6 N–H and O–H groups in total. The molecule has 0 spiro atoms. The summed E-state index contributed by atoms with van der Waals surface area (Å²) in [5.74, 6) is 4.23. The van der Waals surface area contributed by atoms with Gasteiger partial charge in [0.05, 0.1) is 25.9 Å². The Kier molecular flexibility index (Phi) is 64.6. The van der Waals surface area contributed by atoms with E-state index in [1.165, 1.54) is 32.9 Å². The van der Waals surface area contributed by atoms with Gasteiger partial charge in [-0.2, -0.15) is 5.26 Å². The first-order valence-electron chi connectivity index (χ1n) is 46.4. The average Bonchev–Trinajstić information content (AvgIpc) is 1.62. The van der Waals surface area contributed by atoms with E-state index in [9.17, 15) is 75.5 Å². The minimum Gasteiger partial charge on any atom is -0.464 e. The van der Waals surface area contributed by atoms with Crippen LogP contribution in [0.1, 0.15) is 353 Å². The maximum Gasteiger partial charge on any atom is 0.384 e. The van der Waals surface area contributed by atoms with Crippen LogP contribution in [-0.4, -0.2) is 159 Å². The lowest BCUT2D eigenvalue weighted by molar-refractivity contribution is -0.156. The van der Waals surface area contributed by atoms with Gasteiger partial charge in [-0.25, -0.2) is 22.8 Å². The summed E-state index contributed by atoms with van der Waals surface area (Å²) in [6.07, 6.45) is 33.4. The van der Waals surface area contributed by atoms with Crippen LogP contribution in [-0.2, 0) is 76.5 Å². The molecular weight excluding hydrogens is 1720 g/mol. The predicted molar refractivity (Wildman–Crippen MR) is 540 cm³/mol. The van der Waals surface area contributed by atoms with Gasteiger partial charge in [-0.15, -0.1) is 19.3 Å². The lowest BCUT2D eigenvalue weighted by Crippen LogP contribution is -2.46. The van der Waals surface area contributed by atoms with Crippen molar-refractivity contribution in [2.45, 2.75) is 376 Å². The number of hydrogen-bond donors (Lipinski definition) is 4. The zero-order chi connectivity index (χ0) is 108. The fraction of sp³-hybridized carbons (Fsp3) is 0.685. The van der Waals surface area contributed by atoms with Gasteiger partial charge in [0.25, 0.3) is 5.91 Å². The van der Waals surface area contributed by atoms with Crippen molar-refractivity contribution in [2.75, 3.05) is 46.0 Å². The van der Waals surface area contributed by atoms with Crippen LogP contribution in [0.2, 0.25) is 0 Å². The number of nitrogens with two attached hydrogens (primary N) is 2. The van der Waals surface area contributed by atoms with E-state index in [-0.39, 0.29) is 136 Å². The summed E-state index contributed by atoms with van der Waals surface area (Å²) in [6.45, 7) is 87.7. The van der Waals surface area contributed by atoms with Crippen LogP contribution in [0.4, 0.5) is 13.2 Å². The van der Waals surface area contributed by atoms with Gasteiger partial charge >= 0.3 is 17.9 Å². The van der Waals surface area contributed by atoms with E-state index < -0.39 is 34.4 Å². The van der Waals surface area contributed by atoms with Crippen LogP contribution in [0.25, 0.3) is 0 Å². The first-order chi connectivity index (χ1) is 60.7. The Bertz CT molecular complexity index is 4170. The van der Waals surface area contributed by atoms with Crippen LogP contribution in [0, 0.1) is 109 Å². The van der Waals surface area contributed by atoms with Crippen molar-refractivity contribution in [3.05, 3.63) is 83.8 Å². The third kappa shape index (κ3) is 72.0. The Morgan fingerprint density at radius 1 is 0.548 bits per heavy atom. The van der Waals surface area contributed by atoms with Crippen LogP contribution in [0.15, 0.2) is 83.8 Å². The second-order valence-electron chi connectivity index (χ2n) is 45.9. The fourth-order valence-electron chi connectivity index (χ4n) is 10.5. The number of likely N-dealkylation sites (tertiary alicyclic amines) is 1. The molecule has 3 aliphatic heterocycles. The Labute approximate surface area is 813 Å². The van der Waals surface area contributed by atoms with Gasteiger partial charge in [-0.1, -0.05) is 191 Å². The molecular formula is C108H179F3N8O16. The molecule has 1 saturated heterocycles. The minimum atomic E-state index is -0.773. The fourth-order valence-corrected chi connectivity index (χ4v) is 10.5. The van der Waals surface area contributed by atoms with E-state index >= 15 is 0 Å². The maximum absolute atomic E-state index is 12.7. The second-order valence-corrected chi connectivity index (χ2v) is 45.9. The highest BCUT2D eigenvalue weighted by atomic mass is 19.1. The Hall–Kier alpha value is -10.2. The van der Waals surface area contributed by atoms with Gasteiger partial charge in [0.15, 0.2) is 5.78 Å². The van der Waals surface area contributed by atoms with Crippen LogP contribution < -0.4 is 22.1 Å². The molecule has 7 aliphatic rings. The van der Waals surface area contributed by atoms with Gasteiger partial charge in [0, 0.05) is 94.0 Å². The third-order valence-corrected chi connectivity index (χ3v) is 18.4. The number of esters is 3. The summed E-state index contributed by atoms with van der Waals surface area (Å²) in [5, 5.41) is 14.0. The minimum absolute atomic E-state index is 0.00743. The molecule has 3 heterocycles. The van der Waals surface area contributed by atoms with Crippen molar-refractivity contribution in [2.24, 2.45) is 72.5 Å². The topological polar surface area (TPSA) is 359 Å². The molecule has 24 nitrogen and oxygen atoms in total. The first-order valence-corrected chi connectivity index (χ1v) is 46.4. The number of nitrogens with zero attached hydrogens (tertiary/aromatic N) is 4. The molecule has 3 fully saturated rings. The van der Waals surface area contributed by atoms with E-state index in [1.807, 2.05) is 184 Å². The molecule has 1 atom stereocenters. The number of terminal acetylenes is 3. The Morgan fingerprint density at radius 3 is 1.18 bits per heavy atom. The molecule has 0 radical (unpaired) electrons. The molecule has 135 heavy (non-hydrogen) atoms. The number of nitrogens with one attached hydrogen (secondary N) is 2. The highest BCUT2D eigenvalue weighted by molar-refractivity contribution is 6.05. The first kappa shape index (κ1) is 138. The van der Waals surface area contributed by atoms with Crippen molar-refractivity contribution in [3.8, 4) is 43.1 Å². The van der Waals surface area contributed by atoms with E-state index in [2.05, 4.69) is 124 Å². The van der Waals surface area contributed by atoms with Crippen molar-refractivity contribution in [1.82, 2.24) is 25.3 Å². The molecule has 768 valence electrons. The number of primary amides is 2. The SMILES string of the molecule is C#CC(=O)C(C)(C)C.C#CC(=O)NC(C)(C)C.C#CC(=O)OCC(C)(C)C.C/C(F)=C(\C)C(=O)NC(C)(C)C.C=CC(=O)N1CCC(C(C)(C)C)C1.C=CC(=O)OCC(C)(C)C.CC(=O)C1(C(=O)OCC(C)(C)C)CC1.CC(C)(C)C(=O)C1(C#N)CC1.CC(C)(C)N1CC=CC1=O.CC(C)(C)N1CCC=CC1=O.CC(C)C.CC(C)C.NC(=O)C1=C(F)CCC1.NC(=O)C1=C(F)CCCC1. The lowest BCUT2D eigenvalue weighted by atomic mass is 9.80. The summed E-state index contributed by atoms with van der Waals surface area (Å²) >= 11 is 0. The van der Waals surface area contributed by atoms with Crippen LogP contribution >= 0.6 is 0 Å². The monoisotopic (exact) mass is 1900 g/mol. The molecule has 27 heteroatoms. The van der Waals surface area contributed by atoms with Crippen LogP contribution in [0.5, 0.6) is 0 Å². The van der Waals surface area contributed by atoms with E-state index in [1.54, 1.807) is 32.9 Å². The number of nitriles is 1. The molecule has 7 amide bonds. The second kappa shape index (κ2) is 63.3. The number of rotatable bonds is 11. The molecule has 0 aromatic carbocycles. The highest BCUT2D eigenvalue weighted by Gasteiger charge is 2.56. The quantitative estimate of drug-likeness (QED) is 0.0284. The summed E-state index contributed by atoms with van der Waals surface area (Å²) in [4.78, 5) is 148. The van der Waals surface area contributed by atoms with Crippen molar-refractivity contribution >= 4 is 76.6 Å². The number of hydrogen-bond acceptors (Lipinski definition) is 17. The molecule has 0 bridgehead atoms. The number of amides is 7.